The third kappa shape index (κ3) is 15.1. The highest BCUT2D eigenvalue weighted by atomic mass is 19.4. The molecule has 0 bridgehead atoms. The van der Waals surface area contributed by atoms with Gasteiger partial charge in [-0.2, -0.15) is 43.9 Å². The molecule has 2 unspecified atom stereocenters. The van der Waals surface area contributed by atoms with Crippen LogP contribution in [0.1, 0.15) is 169 Å². The van der Waals surface area contributed by atoms with Crippen LogP contribution in [-0.4, -0.2) is 39.8 Å². The number of alkyl halides is 10. The van der Waals surface area contributed by atoms with E-state index in [0.717, 1.165) is 102 Å². The standard InChI is InChI=1S/C68H76F10O3/c1-5-13-45-19-27-49(28-20-45)51-31-23-47(24-32-51)39-59-53(41-57(43-79-3)67(73,74)75)35-37-61(63(59)65(69,70)55-15-9-7-10-16-55)81-62-38-36-54(42-58(44-80-4)68(76,77)78)60(64(62)66(71,72)56-17-11-8-12-18-56)40-48-25-33-52(34-26-48)50-29-21-46(14-6-2)22-30-50/h7-12,15-18,23-26,31-38,45-46,49-50,57-58H,5-6,13-14,19-22,27-30,39-44H2,1-4H3. The van der Waals surface area contributed by atoms with Crippen molar-refractivity contribution in [3.63, 3.8) is 0 Å². The summed E-state index contributed by atoms with van der Waals surface area (Å²) in [5.74, 6) is -11.6. The molecule has 0 aliphatic heterocycles. The smallest absolute Gasteiger partial charge is 0.394 e. The Morgan fingerprint density at radius 3 is 1.09 bits per heavy atom. The summed E-state index contributed by atoms with van der Waals surface area (Å²) >= 11 is 0. The normalized spacial score (nSPS) is 19.1. The Morgan fingerprint density at radius 2 is 0.778 bits per heavy atom. The molecule has 0 radical (unpaired) electrons. The highest BCUT2D eigenvalue weighted by Gasteiger charge is 2.46. The van der Waals surface area contributed by atoms with Crippen molar-refractivity contribution in [1.29, 1.82) is 0 Å². The monoisotopic (exact) mass is 1130 g/mol. The molecule has 0 aromatic heterocycles. The van der Waals surface area contributed by atoms with Crippen molar-refractivity contribution in [3.8, 4) is 11.5 Å². The Bertz CT molecular complexity index is 2710. The van der Waals surface area contributed by atoms with Gasteiger partial charge in [0.2, 0.25) is 0 Å². The topological polar surface area (TPSA) is 27.7 Å². The Morgan fingerprint density at radius 1 is 0.432 bits per heavy atom. The molecule has 436 valence electrons. The Hall–Kier alpha value is -5.66. The predicted molar refractivity (Wildman–Crippen MR) is 300 cm³/mol. The second-order valence-electron chi connectivity index (χ2n) is 22.8. The van der Waals surface area contributed by atoms with E-state index in [2.05, 4.69) is 13.8 Å². The first-order valence-electron chi connectivity index (χ1n) is 28.9. The second kappa shape index (κ2) is 27.2. The molecule has 0 saturated heterocycles. The van der Waals surface area contributed by atoms with Crippen LogP contribution in [0.4, 0.5) is 43.9 Å². The first kappa shape index (κ1) is 61.4. The molecule has 2 aliphatic rings. The second-order valence-corrected chi connectivity index (χ2v) is 22.8. The highest BCUT2D eigenvalue weighted by Crippen LogP contribution is 2.51. The van der Waals surface area contributed by atoms with Crippen molar-refractivity contribution in [1.82, 2.24) is 0 Å². The molecule has 3 nitrogen and oxygen atoms in total. The zero-order valence-corrected chi connectivity index (χ0v) is 46.9. The third-order valence-corrected chi connectivity index (χ3v) is 17.2. The zero-order valence-electron chi connectivity index (χ0n) is 46.9. The summed E-state index contributed by atoms with van der Waals surface area (Å²) in [6.07, 6.45) is 1.19. The van der Waals surface area contributed by atoms with E-state index in [1.807, 2.05) is 24.3 Å². The van der Waals surface area contributed by atoms with Gasteiger partial charge in [0, 0.05) is 25.3 Å². The van der Waals surface area contributed by atoms with Gasteiger partial charge in [-0.25, -0.2) is 0 Å². The van der Waals surface area contributed by atoms with E-state index in [4.69, 9.17) is 14.2 Å². The van der Waals surface area contributed by atoms with Crippen LogP contribution in [0, 0.1) is 23.7 Å². The molecule has 0 N–H and O–H groups in total. The summed E-state index contributed by atoms with van der Waals surface area (Å²) in [4.78, 5) is 0. The summed E-state index contributed by atoms with van der Waals surface area (Å²) in [5.41, 5.74) is -0.0943. The molecule has 6 aromatic carbocycles. The van der Waals surface area contributed by atoms with Gasteiger partial charge in [-0.1, -0.05) is 161 Å². The van der Waals surface area contributed by atoms with Crippen molar-refractivity contribution in [2.75, 3.05) is 27.4 Å². The fraction of sp³-hybridized carbons (Fsp3) is 0.471. The van der Waals surface area contributed by atoms with Crippen molar-refractivity contribution in [2.45, 2.75) is 153 Å². The van der Waals surface area contributed by atoms with Crippen LogP contribution in [0.15, 0.2) is 133 Å². The van der Waals surface area contributed by atoms with E-state index in [1.54, 1.807) is 24.3 Å². The molecule has 2 aliphatic carbocycles. The maximum Gasteiger partial charge on any atom is 0.394 e. The summed E-state index contributed by atoms with van der Waals surface area (Å²) in [6, 6.07) is 33.1. The van der Waals surface area contributed by atoms with Crippen molar-refractivity contribution in [2.24, 2.45) is 23.7 Å². The maximum absolute atomic E-state index is 18.1. The van der Waals surface area contributed by atoms with Crippen molar-refractivity contribution < 1.29 is 58.1 Å². The molecule has 0 heterocycles. The molecule has 81 heavy (non-hydrogen) atoms. The largest absolute Gasteiger partial charge is 0.456 e. The molecule has 0 spiro atoms. The van der Waals surface area contributed by atoms with Gasteiger partial charge in [0.1, 0.15) is 11.5 Å². The van der Waals surface area contributed by atoms with Crippen molar-refractivity contribution >= 4 is 0 Å². The lowest BCUT2D eigenvalue weighted by Gasteiger charge is -2.30. The fourth-order valence-electron chi connectivity index (χ4n) is 12.8. The number of rotatable bonds is 24. The van der Waals surface area contributed by atoms with Gasteiger partial charge in [0.05, 0.1) is 36.2 Å². The lowest BCUT2D eigenvalue weighted by atomic mass is 9.77. The average Bonchev–Trinajstić information content (AvgIpc) is 3.48. The Kier molecular flexibility index (Phi) is 20.6. The Labute approximate surface area is 471 Å². The fourth-order valence-corrected chi connectivity index (χ4v) is 12.8. The van der Waals surface area contributed by atoms with Crippen LogP contribution in [-0.2, 0) is 47.0 Å². The summed E-state index contributed by atoms with van der Waals surface area (Å²) in [6.45, 7) is 2.82. The maximum atomic E-state index is 18.1. The summed E-state index contributed by atoms with van der Waals surface area (Å²) in [7, 11) is 2.25. The number of methoxy groups -OCH3 is 2. The van der Waals surface area contributed by atoms with E-state index >= 15 is 17.6 Å². The highest BCUT2D eigenvalue weighted by molar-refractivity contribution is 5.58. The summed E-state index contributed by atoms with van der Waals surface area (Å²) < 4.78 is 178. The minimum atomic E-state index is -4.80. The quantitative estimate of drug-likeness (QED) is 0.0565. The van der Waals surface area contributed by atoms with Gasteiger partial charge in [-0.3, -0.25) is 0 Å². The average molecular weight is 1130 g/mol. The SMILES string of the molecule is CCCC1CCC(c2ccc(Cc3c(CC(COC)C(F)(F)F)ccc(Oc4ccc(CC(COC)C(F)(F)F)c(Cc5ccc(C6CCC(CCC)CC6)cc5)c4C(F)(F)c4ccccc4)c3C(F)(F)c3ccccc3)cc2)CC1. The molecule has 13 heteroatoms. The van der Waals surface area contributed by atoms with E-state index < -0.39 is 95.8 Å². The lowest BCUT2D eigenvalue weighted by Crippen LogP contribution is -2.30. The van der Waals surface area contributed by atoms with Crippen LogP contribution in [0.3, 0.4) is 0 Å². The minimum Gasteiger partial charge on any atom is -0.456 e. The van der Waals surface area contributed by atoms with Crippen LogP contribution in [0.2, 0.25) is 0 Å². The number of ether oxygens (including phenoxy) is 3. The molecule has 2 saturated carbocycles. The van der Waals surface area contributed by atoms with Gasteiger partial charge in [0.25, 0.3) is 0 Å². The molecule has 2 atom stereocenters. The Balaban J connectivity index is 1.32. The molecule has 2 fully saturated rings. The van der Waals surface area contributed by atoms with Gasteiger partial charge in [-0.05, 0) is 157 Å². The van der Waals surface area contributed by atoms with Gasteiger partial charge in [0.15, 0.2) is 0 Å². The van der Waals surface area contributed by atoms with E-state index in [9.17, 15) is 26.3 Å². The first-order chi connectivity index (χ1) is 38.7. The van der Waals surface area contributed by atoms with Gasteiger partial charge >= 0.3 is 24.2 Å². The zero-order chi connectivity index (χ0) is 58.0. The van der Waals surface area contributed by atoms with Crippen LogP contribution in [0.25, 0.3) is 0 Å². The third-order valence-electron chi connectivity index (χ3n) is 17.2. The van der Waals surface area contributed by atoms with E-state index in [-0.39, 0.29) is 46.9 Å². The first-order valence-corrected chi connectivity index (χ1v) is 28.9. The number of hydrogen-bond donors (Lipinski definition) is 0. The van der Waals surface area contributed by atoms with Crippen molar-refractivity contribution in [3.05, 3.63) is 200 Å². The minimum absolute atomic E-state index is 0.0784. The van der Waals surface area contributed by atoms with Crippen LogP contribution < -0.4 is 4.74 Å². The number of benzene rings is 6. The molecular formula is C68H76F10O3. The summed E-state index contributed by atoms with van der Waals surface area (Å²) in [5, 5.41) is 0. The molecular weight excluding hydrogens is 1050 g/mol. The molecule has 0 amide bonds. The van der Waals surface area contributed by atoms with Gasteiger partial charge in [-0.15, -0.1) is 0 Å². The van der Waals surface area contributed by atoms with Crippen LogP contribution in [0.5, 0.6) is 11.5 Å². The molecule has 8 rings (SSSR count). The van der Waals surface area contributed by atoms with Crippen LogP contribution >= 0.6 is 0 Å². The predicted octanol–water partition coefficient (Wildman–Crippen LogP) is 19.8. The number of halogens is 10. The van der Waals surface area contributed by atoms with E-state index in [1.165, 1.54) is 85.6 Å². The lowest BCUT2D eigenvalue weighted by molar-refractivity contribution is -0.186. The van der Waals surface area contributed by atoms with Gasteiger partial charge < -0.3 is 14.2 Å². The number of hydrogen-bond acceptors (Lipinski definition) is 3. The molecule has 6 aromatic rings. The van der Waals surface area contributed by atoms with E-state index in [0.29, 0.717) is 23.0 Å².